The van der Waals surface area contributed by atoms with Crippen LogP contribution in [0, 0.1) is 17.1 Å². The Morgan fingerprint density at radius 1 is 1.47 bits per heavy atom. The highest BCUT2D eigenvalue weighted by Gasteiger charge is 2.07. The van der Waals surface area contributed by atoms with Gasteiger partial charge < -0.3 is 14.6 Å². The van der Waals surface area contributed by atoms with Gasteiger partial charge >= 0.3 is 0 Å². The van der Waals surface area contributed by atoms with Gasteiger partial charge in [-0.3, -0.25) is 0 Å². The minimum Gasteiger partial charge on any atom is -0.491 e. The average Bonchev–Trinajstić information content (AvgIpc) is 2.34. The van der Waals surface area contributed by atoms with E-state index >= 15 is 0 Å². The van der Waals surface area contributed by atoms with Gasteiger partial charge in [0.05, 0.1) is 12.2 Å². The second-order valence-corrected chi connectivity index (χ2v) is 3.38. The molecule has 0 heterocycles. The highest BCUT2D eigenvalue weighted by molar-refractivity contribution is 5.36. The summed E-state index contributed by atoms with van der Waals surface area (Å²) in [7, 11) is 0. The molecule has 1 rings (SSSR count). The van der Waals surface area contributed by atoms with Crippen molar-refractivity contribution in [1.29, 1.82) is 5.26 Å². The third-order valence-electron chi connectivity index (χ3n) is 2.02. The molecule has 1 aromatic rings. The van der Waals surface area contributed by atoms with E-state index in [1.54, 1.807) is 6.07 Å². The van der Waals surface area contributed by atoms with Crippen molar-refractivity contribution in [2.24, 2.45) is 0 Å². The molecule has 0 fully saturated rings. The second-order valence-electron chi connectivity index (χ2n) is 3.38. The average molecular weight is 239 g/mol. The zero-order valence-corrected chi connectivity index (χ0v) is 9.52. The number of aliphatic hydroxyl groups excluding tert-OH is 1. The number of aliphatic hydroxyl groups is 1. The van der Waals surface area contributed by atoms with Crippen LogP contribution in [-0.2, 0) is 4.74 Å². The molecule has 1 aromatic carbocycles. The number of nitrogens with zero attached hydrogens (tertiary/aromatic N) is 1. The number of benzene rings is 1. The van der Waals surface area contributed by atoms with Gasteiger partial charge in [0, 0.05) is 12.7 Å². The van der Waals surface area contributed by atoms with Gasteiger partial charge in [0.15, 0.2) is 0 Å². The molecule has 1 atom stereocenters. The maximum atomic E-state index is 13.2. The van der Waals surface area contributed by atoms with Crippen molar-refractivity contribution in [3.8, 4) is 11.8 Å². The van der Waals surface area contributed by atoms with Gasteiger partial charge in [0.25, 0.3) is 0 Å². The molecule has 4 nitrogen and oxygen atoms in total. The molecule has 0 saturated carbocycles. The molecule has 1 unspecified atom stereocenters. The summed E-state index contributed by atoms with van der Waals surface area (Å²) in [6.07, 6.45) is -0.756. The van der Waals surface area contributed by atoms with Gasteiger partial charge in [0.2, 0.25) is 0 Å². The van der Waals surface area contributed by atoms with Crippen LogP contribution in [0.4, 0.5) is 4.39 Å². The zero-order chi connectivity index (χ0) is 12.7. The van der Waals surface area contributed by atoms with E-state index in [1.807, 2.05) is 6.92 Å². The lowest BCUT2D eigenvalue weighted by Gasteiger charge is -2.12. The third-order valence-corrected chi connectivity index (χ3v) is 2.02. The van der Waals surface area contributed by atoms with E-state index < -0.39 is 11.9 Å². The van der Waals surface area contributed by atoms with Gasteiger partial charge in [-0.1, -0.05) is 0 Å². The number of ether oxygens (including phenoxy) is 2. The van der Waals surface area contributed by atoms with E-state index in [9.17, 15) is 9.50 Å². The normalized spacial score (nSPS) is 11.9. The number of nitriles is 1. The number of halogens is 1. The molecule has 0 amide bonds. The first kappa shape index (κ1) is 13.4. The van der Waals surface area contributed by atoms with Crippen LogP contribution in [0.3, 0.4) is 0 Å². The number of rotatable bonds is 6. The molecule has 1 N–H and O–H groups in total. The van der Waals surface area contributed by atoms with E-state index in [2.05, 4.69) is 0 Å². The van der Waals surface area contributed by atoms with Crippen LogP contribution in [0.2, 0.25) is 0 Å². The predicted molar refractivity (Wildman–Crippen MR) is 59.1 cm³/mol. The Labute approximate surface area is 99.2 Å². The summed E-state index contributed by atoms with van der Waals surface area (Å²) in [5, 5.41) is 18.0. The Balaban J connectivity index is 2.47. The summed E-state index contributed by atoms with van der Waals surface area (Å²) < 4.78 is 23.4. The van der Waals surface area contributed by atoms with E-state index in [-0.39, 0.29) is 24.5 Å². The fourth-order valence-corrected chi connectivity index (χ4v) is 1.17. The van der Waals surface area contributed by atoms with Crippen LogP contribution >= 0.6 is 0 Å². The summed E-state index contributed by atoms with van der Waals surface area (Å²) in [4.78, 5) is 0. The quantitative estimate of drug-likeness (QED) is 0.816. The molecule has 0 spiro atoms. The second kappa shape index (κ2) is 6.84. The Morgan fingerprint density at radius 3 is 2.82 bits per heavy atom. The molecule has 17 heavy (non-hydrogen) atoms. The van der Waals surface area contributed by atoms with Crippen molar-refractivity contribution in [3.05, 3.63) is 29.6 Å². The monoisotopic (exact) mass is 239 g/mol. The first-order valence-corrected chi connectivity index (χ1v) is 5.25. The van der Waals surface area contributed by atoms with Crippen molar-refractivity contribution >= 4 is 0 Å². The predicted octanol–water partition coefficient (Wildman–Crippen LogP) is 1.47. The molecule has 92 valence electrons. The maximum Gasteiger partial charge on any atom is 0.144 e. The lowest BCUT2D eigenvalue weighted by molar-refractivity contribution is 0.0164. The number of hydrogen-bond donors (Lipinski definition) is 1. The summed E-state index contributed by atoms with van der Waals surface area (Å²) in [6, 6.07) is 5.65. The fourth-order valence-electron chi connectivity index (χ4n) is 1.17. The van der Waals surface area contributed by atoms with Gasteiger partial charge in [-0.2, -0.15) is 5.26 Å². The SMILES string of the molecule is CCOCC(O)COc1ccc(C#N)c(F)c1. The van der Waals surface area contributed by atoms with Crippen molar-refractivity contribution in [1.82, 2.24) is 0 Å². The molecule has 5 heteroatoms. The fraction of sp³-hybridized carbons (Fsp3) is 0.417. The molecule has 0 bridgehead atoms. The van der Waals surface area contributed by atoms with Gasteiger partial charge in [0.1, 0.15) is 30.3 Å². The topological polar surface area (TPSA) is 62.5 Å². The van der Waals surface area contributed by atoms with Crippen molar-refractivity contribution in [3.63, 3.8) is 0 Å². The van der Waals surface area contributed by atoms with Crippen LogP contribution in [0.5, 0.6) is 5.75 Å². The summed E-state index contributed by atoms with van der Waals surface area (Å²) in [6.45, 7) is 2.53. The molecule has 0 aliphatic heterocycles. The summed E-state index contributed by atoms with van der Waals surface area (Å²) in [5.41, 5.74) is -0.0350. The van der Waals surface area contributed by atoms with E-state index in [4.69, 9.17) is 14.7 Å². The van der Waals surface area contributed by atoms with Crippen molar-refractivity contribution < 1.29 is 19.0 Å². The molecule has 0 radical (unpaired) electrons. The maximum absolute atomic E-state index is 13.2. The molecular formula is C12H14FNO3. The molecule has 0 saturated heterocycles. The van der Waals surface area contributed by atoms with Crippen LogP contribution in [0.25, 0.3) is 0 Å². The van der Waals surface area contributed by atoms with Gasteiger partial charge in [-0.25, -0.2) is 4.39 Å². The Hall–Kier alpha value is -1.64. The minimum absolute atomic E-state index is 0.0192. The smallest absolute Gasteiger partial charge is 0.144 e. The molecule has 0 aromatic heterocycles. The van der Waals surface area contributed by atoms with E-state index in [1.165, 1.54) is 12.1 Å². The van der Waals surface area contributed by atoms with Crippen molar-refractivity contribution in [2.75, 3.05) is 19.8 Å². The number of hydrogen-bond acceptors (Lipinski definition) is 4. The molecule has 0 aliphatic rings. The largest absolute Gasteiger partial charge is 0.491 e. The summed E-state index contributed by atoms with van der Waals surface area (Å²) in [5.74, 6) is -0.360. The van der Waals surface area contributed by atoms with Crippen LogP contribution in [0.15, 0.2) is 18.2 Å². The van der Waals surface area contributed by atoms with Gasteiger partial charge in [-0.05, 0) is 19.1 Å². The highest BCUT2D eigenvalue weighted by Crippen LogP contribution is 2.16. The standard InChI is InChI=1S/C12H14FNO3/c1-2-16-7-10(15)8-17-11-4-3-9(6-14)12(13)5-11/h3-5,10,15H,2,7-8H2,1H3. The third kappa shape index (κ3) is 4.39. The summed E-state index contributed by atoms with van der Waals surface area (Å²) >= 11 is 0. The first-order chi connectivity index (χ1) is 8.17. The zero-order valence-electron chi connectivity index (χ0n) is 9.52. The van der Waals surface area contributed by atoms with Crippen molar-refractivity contribution in [2.45, 2.75) is 13.0 Å². The molecular weight excluding hydrogens is 225 g/mol. The van der Waals surface area contributed by atoms with Gasteiger partial charge in [-0.15, -0.1) is 0 Å². The lowest BCUT2D eigenvalue weighted by atomic mass is 10.2. The lowest BCUT2D eigenvalue weighted by Crippen LogP contribution is -2.23. The highest BCUT2D eigenvalue weighted by atomic mass is 19.1. The first-order valence-electron chi connectivity index (χ1n) is 5.25. The Bertz CT molecular complexity index is 403. The van der Waals surface area contributed by atoms with E-state index in [0.717, 1.165) is 6.07 Å². The van der Waals surface area contributed by atoms with Crippen LogP contribution < -0.4 is 4.74 Å². The Kier molecular flexibility index (Phi) is 5.40. The minimum atomic E-state index is -0.756. The van der Waals surface area contributed by atoms with Crippen LogP contribution in [0.1, 0.15) is 12.5 Å². The van der Waals surface area contributed by atoms with Crippen LogP contribution in [-0.4, -0.2) is 31.0 Å². The van der Waals surface area contributed by atoms with E-state index in [0.29, 0.717) is 6.61 Å². The Morgan fingerprint density at radius 2 is 2.24 bits per heavy atom. The molecule has 0 aliphatic carbocycles.